The molecule has 1 aliphatic heterocycles. The van der Waals surface area contributed by atoms with Gasteiger partial charge in [-0.25, -0.2) is 0 Å². The van der Waals surface area contributed by atoms with Crippen molar-refractivity contribution >= 4 is 0 Å². The predicted molar refractivity (Wildman–Crippen MR) is 68.8 cm³/mol. The average molecular weight is 234 g/mol. The van der Waals surface area contributed by atoms with Gasteiger partial charge in [0.15, 0.2) is 0 Å². The smallest absolute Gasteiger partial charge is 0.0784 e. The predicted octanol–water partition coefficient (Wildman–Crippen LogP) is 1.53. The first-order valence-corrected chi connectivity index (χ1v) is 6.48. The Bertz CT molecular complexity index is 360. The summed E-state index contributed by atoms with van der Waals surface area (Å²) < 4.78 is 0. The van der Waals surface area contributed by atoms with Crippen LogP contribution in [0.1, 0.15) is 37.7 Å². The molecule has 4 nitrogen and oxygen atoms in total. The summed E-state index contributed by atoms with van der Waals surface area (Å²) in [5, 5.41) is 3.43. The van der Waals surface area contributed by atoms with Crippen molar-refractivity contribution in [2.75, 3.05) is 19.6 Å². The third-order valence-corrected chi connectivity index (χ3v) is 3.68. The van der Waals surface area contributed by atoms with E-state index in [1.807, 2.05) is 6.92 Å². The Hall–Kier alpha value is -1.00. The van der Waals surface area contributed by atoms with Gasteiger partial charge in [-0.1, -0.05) is 6.92 Å². The number of hydrogen-bond donors (Lipinski definition) is 1. The molecule has 2 unspecified atom stereocenters. The minimum Gasteiger partial charge on any atom is -0.315 e. The van der Waals surface area contributed by atoms with Crippen molar-refractivity contribution in [2.24, 2.45) is 0 Å². The van der Waals surface area contributed by atoms with Gasteiger partial charge in [0.25, 0.3) is 0 Å². The van der Waals surface area contributed by atoms with Crippen molar-refractivity contribution in [2.45, 2.75) is 39.3 Å². The number of aromatic nitrogens is 2. The normalized spacial score (nSPS) is 22.0. The number of nitrogens with one attached hydrogen (secondary N) is 1. The van der Waals surface area contributed by atoms with Crippen LogP contribution in [0.4, 0.5) is 0 Å². The van der Waals surface area contributed by atoms with Crippen molar-refractivity contribution in [3.8, 4) is 0 Å². The number of likely N-dealkylation sites (N-methyl/N-ethyl adjacent to an activating group) is 1. The van der Waals surface area contributed by atoms with Crippen LogP contribution in [0.5, 0.6) is 0 Å². The summed E-state index contributed by atoms with van der Waals surface area (Å²) in [5.41, 5.74) is 2.16. The zero-order valence-electron chi connectivity index (χ0n) is 11.0. The van der Waals surface area contributed by atoms with Crippen LogP contribution in [-0.2, 0) is 0 Å². The summed E-state index contributed by atoms with van der Waals surface area (Å²) in [7, 11) is 0. The molecule has 1 aliphatic rings. The van der Waals surface area contributed by atoms with Crippen LogP contribution >= 0.6 is 0 Å². The molecule has 0 aliphatic carbocycles. The van der Waals surface area contributed by atoms with Gasteiger partial charge < -0.3 is 5.32 Å². The second kappa shape index (κ2) is 5.56. The molecular weight excluding hydrogens is 212 g/mol. The Labute approximate surface area is 103 Å². The lowest BCUT2D eigenvalue weighted by Crippen LogP contribution is -2.39. The van der Waals surface area contributed by atoms with E-state index in [0.717, 1.165) is 31.0 Å². The zero-order valence-corrected chi connectivity index (χ0v) is 11.0. The van der Waals surface area contributed by atoms with Gasteiger partial charge in [0.2, 0.25) is 0 Å². The summed E-state index contributed by atoms with van der Waals surface area (Å²) in [5.74, 6) is 0. The van der Waals surface area contributed by atoms with Crippen molar-refractivity contribution in [3.63, 3.8) is 0 Å². The van der Waals surface area contributed by atoms with Crippen LogP contribution in [0.3, 0.4) is 0 Å². The van der Waals surface area contributed by atoms with E-state index in [4.69, 9.17) is 0 Å². The highest BCUT2D eigenvalue weighted by molar-refractivity contribution is 5.13. The Morgan fingerprint density at radius 1 is 1.47 bits per heavy atom. The van der Waals surface area contributed by atoms with E-state index < -0.39 is 0 Å². The van der Waals surface area contributed by atoms with Crippen molar-refractivity contribution in [1.29, 1.82) is 0 Å². The molecule has 0 aromatic carbocycles. The molecule has 0 bridgehead atoms. The van der Waals surface area contributed by atoms with Gasteiger partial charge in [-0.15, -0.1) is 0 Å². The number of hydrogen-bond acceptors (Lipinski definition) is 4. The van der Waals surface area contributed by atoms with Gasteiger partial charge in [0.1, 0.15) is 0 Å². The zero-order chi connectivity index (χ0) is 12.3. The highest BCUT2D eigenvalue weighted by atomic mass is 15.2. The highest BCUT2D eigenvalue weighted by Gasteiger charge is 2.27. The molecule has 1 N–H and O–H groups in total. The van der Waals surface area contributed by atoms with Gasteiger partial charge in [0, 0.05) is 25.0 Å². The minimum atomic E-state index is 0.346. The standard InChI is InChI=1S/C13H22N4/c1-4-17(12-5-6-14-9-12)11(3)13-10(2)15-7-8-16-13/h7-8,11-12,14H,4-6,9H2,1-3H3. The van der Waals surface area contributed by atoms with Gasteiger partial charge in [0.05, 0.1) is 17.4 Å². The van der Waals surface area contributed by atoms with Crippen molar-refractivity contribution in [3.05, 3.63) is 23.8 Å². The van der Waals surface area contributed by atoms with Gasteiger partial charge in [-0.2, -0.15) is 0 Å². The first-order chi connectivity index (χ1) is 8.24. The Kier molecular flexibility index (Phi) is 4.07. The number of aryl methyl sites for hydroxylation is 1. The van der Waals surface area contributed by atoms with Crippen LogP contribution in [-0.4, -0.2) is 40.5 Å². The Morgan fingerprint density at radius 2 is 2.24 bits per heavy atom. The molecule has 0 spiro atoms. The second-order valence-corrected chi connectivity index (χ2v) is 4.68. The van der Waals surface area contributed by atoms with E-state index in [0.29, 0.717) is 12.1 Å². The fraction of sp³-hybridized carbons (Fsp3) is 0.692. The molecule has 4 heteroatoms. The van der Waals surface area contributed by atoms with E-state index in [1.54, 1.807) is 12.4 Å². The lowest BCUT2D eigenvalue weighted by molar-refractivity contribution is 0.159. The maximum absolute atomic E-state index is 4.49. The molecule has 0 saturated carbocycles. The van der Waals surface area contributed by atoms with E-state index in [2.05, 4.69) is 34.0 Å². The maximum atomic E-state index is 4.49. The minimum absolute atomic E-state index is 0.346. The van der Waals surface area contributed by atoms with Crippen molar-refractivity contribution < 1.29 is 0 Å². The molecule has 2 rings (SSSR count). The Morgan fingerprint density at radius 3 is 2.82 bits per heavy atom. The molecule has 1 aromatic rings. The first kappa shape index (κ1) is 12.5. The van der Waals surface area contributed by atoms with E-state index >= 15 is 0 Å². The molecule has 2 heterocycles. The number of rotatable bonds is 4. The van der Waals surface area contributed by atoms with Crippen LogP contribution < -0.4 is 5.32 Å². The lowest BCUT2D eigenvalue weighted by atomic mass is 10.1. The first-order valence-electron chi connectivity index (χ1n) is 6.48. The fourth-order valence-corrected chi connectivity index (χ4v) is 2.76. The lowest BCUT2D eigenvalue weighted by Gasteiger charge is -2.33. The largest absolute Gasteiger partial charge is 0.315 e. The molecule has 1 fully saturated rings. The summed E-state index contributed by atoms with van der Waals surface area (Å²) in [6, 6.07) is 0.981. The molecular formula is C13H22N4. The second-order valence-electron chi connectivity index (χ2n) is 4.68. The van der Waals surface area contributed by atoms with Crippen LogP contribution in [0, 0.1) is 6.92 Å². The molecule has 17 heavy (non-hydrogen) atoms. The Balaban J connectivity index is 2.16. The molecule has 1 aromatic heterocycles. The summed E-state index contributed by atoms with van der Waals surface area (Å²) >= 11 is 0. The topological polar surface area (TPSA) is 41.0 Å². The third kappa shape index (κ3) is 2.64. The molecule has 0 radical (unpaired) electrons. The van der Waals surface area contributed by atoms with Crippen LogP contribution in [0.15, 0.2) is 12.4 Å². The van der Waals surface area contributed by atoms with Gasteiger partial charge in [-0.3, -0.25) is 14.9 Å². The van der Waals surface area contributed by atoms with Gasteiger partial charge in [-0.05, 0) is 33.4 Å². The maximum Gasteiger partial charge on any atom is 0.0784 e. The monoisotopic (exact) mass is 234 g/mol. The fourth-order valence-electron chi connectivity index (χ4n) is 2.76. The molecule has 1 saturated heterocycles. The van der Waals surface area contributed by atoms with E-state index in [9.17, 15) is 0 Å². The molecule has 0 amide bonds. The molecule has 2 atom stereocenters. The summed E-state index contributed by atoms with van der Waals surface area (Å²) in [4.78, 5) is 11.4. The quantitative estimate of drug-likeness (QED) is 0.858. The summed E-state index contributed by atoms with van der Waals surface area (Å²) in [6.45, 7) is 9.79. The van der Waals surface area contributed by atoms with Gasteiger partial charge >= 0.3 is 0 Å². The van der Waals surface area contributed by atoms with E-state index in [-0.39, 0.29) is 0 Å². The summed E-state index contributed by atoms with van der Waals surface area (Å²) in [6.07, 6.45) is 4.79. The SMILES string of the molecule is CCN(C1CCNC1)C(C)c1nccnc1C. The van der Waals surface area contributed by atoms with E-state index in [1.165, 1.54) is 6.42 Å². The highest BCUT2D eigenvalue weighted by Crippen LogP contribution is 2.24. The van der Waals surface area contributed by atoms with Crippen molar-refractivity contribution in [1.82, 2.24) is 20.2 Å². The molecule has 94 valence electrons. The number of nitrogens with zero attached hydrogens (tertiary/aromatic N) is 3. The van der Waals surface area contributed by atoms with Crippen LogP contribution in [0.2, 0.25) is 0 Å². The average Bonchev–Trinajstić information content (AvgIpc) is 2.84. The van der Waals surface area contributed by atoms with Crippen LogP contribution in [0.25, 0.3) is 0 Å². The third-order valence-electron chi connectivity index (χ3n) is 3.68.